The van der Waals surface area contributed by atoms with Crippen LogP contribution in [0.2, 0.25) is 0 Å². The standard InChI is InChI=1S/C13H22N2/c1-13-6-4-9-15(12-13)11-5-10-14-7-2-3-8-14/h2-3,7-8,13H,4-6,9-12H2,1H3/t13-/m0/s1. The van der Waals surface area contributed by atoms with E-state index in [4.69, 9.17) is 0 Å². The van der Waals surface area contributed by atoms with E-state index in [1.165, 1.54) is 38.9 Å². The molecule has 2 heterocycles. The number of nitrogens with zero attached hydrogens (tertiary/aromatic N) is 2. The van der Waals surface area contributed by atoms with E-state index in [1.54, 1.807) is 0 Å². The monoisotopic (exact) mass is 206 g/mol. The molecule has 1 fully saturated rings. The first-order valence-electron chi connectivity index (χ1n) is 6.18. The van der Waals surface area contributed by atoms with Gasteiger partial charge in [-0.25, -0.2) is 0 Å². The average Bonchev–Trinajstić information content (AvgIpc) is 2.71. The van der Waals surface area contributed by atoms with Crippen molar-refractivity contribution in [2.75, 3.05) is 19.6 Å². The summed E-state index contributed by atoms with van der Waals surface area (Å²) in [5.41, 5.74) is 0. The molecule has 1 aliphatic heterocycles. The fourth-order valence-electron chi connectivity index (χ4n) is 2.49. The number of hydrogen-bond donors (Lipinski definition) is 0. The molecule has 1 saturated heterocycles. The third-order valence-electron chi connectivity index (χ3n) is 3.30. The van der Waals surface area contributed by atoms with Crippen molar-refractivity contribution in [2.45, 2.75) is 32.7 Å². The van der Waals surface area contributed by atoms with Gasteiger partial charge in [0.15, 0.2) is 0 Å². The molecule has 0 bridgehead atoms. The molecule has 1 aliphatic rings. The lowest BCUT2D eigenvalue weighted by molar-refractivity contribution is 0.180. The second kappa shape index (κ2) is 5.36. The zero-order valence-electron chi connectivity index (χ0n) is 9.73. The maximum atomic E-state index is 2.62. The zero-order valence-corrected chi connectivity index (χ0v) is 9.73. The Morgan fingerprint density at radius 1 is 1.20 bits per heavy atom. The van der Waals surface area contributed by atoms with Crippen molar-refractivity contribution < 1.29 is 0 Å². The van der Waals surface area contributed by atoms with E-state index in [2.05, 4.69) is 40.9 Å². The van der Waals surface area contributed by atoms with Crippen LogP contribution in [0.15, 0.2) is 24.5 Å². The van der Waals surface area contributed by atoms with Crippen LogP contribution < -0.4 is 0 Å². The van der Waals surface area contributed by atoms with E-state index in [-0.39, 0.29) is 0 Å². The van der Waals surface area contributed by atoms with Gasteiger partial charge >= 0.3 is 0 Å². The topological polar surface area (TPSA) is 8.17 Å². The van der Waals surface area contributed by atoms with Gasteiger partial charge in [-0.1, -0.05) is 6.92 Å². The van der Waals surface area contributed by atoms with E-state index < -0.39 is 0 Å². The third-order valence-corrected chi connectivity index (χ3v) is 3.30. The van der Waals surface area contributed by atoms with E-state index in [9.17, 15) is 0 Å². The van der Waals surface area contributed by atoms with Crippen LogP contribution in [0, 0.1) is 5.92 Å². The van der Waals surface area contributed by atoms with Crippen LogP contribution in [0.3, 0.4) is 0 Å². The molecular formula is C13H22N2. The minimum absolute atomic E-state index is 0.908. The normalized spacial score (nSPS) is 23.1. The van der Waals surface area contributed by atoms with Crippen LogP contribution in [0.4, 0.5) is 0 Å². The first kappa shape index (κ1) is 10.7. The lowest BCUT2D eigenvalue weighted by Crippen LogP contribution is -2.35. The van der Waals surface area contributed by atoms with Crippen molar-refractivity contribution in [3.63, 3.8) is 0 Å². The molecule has 1 aromatic rings. The lowest BCUT2D eigenvalue weighted by Gasteiger charge is -2.30. The summed E-state index contributed by atoms with van der Waals surface area (Å²) >= 11 is 0. The Kier molecular flexibility index (Phi) is 3.84. The molecule has 0 saturated carbocycles. The van der Waals surface area contributed by atoms with E-state index in [0.29, 0.717) is 0 Å². The summed E-state index contributed by atoms with van der Waals surface area (Å²) in [5.74, 6) is 0.908. The highest BCUT2D eigenvalue weighted by atomic mass is 15.1. The second-order valence-corrected chi connectivity index (χ2v) is 4.82. The van der Waals surface area contributed by atoms with Gasteiger partial charge in [-0.15, -0.1) is 0 Å². The molecule has 0 amide bonds. The van der Waals surface area contributed by atoms with Crippen LogP contribution >= 0.6 is 0 Å². The van der Waals surface area contributed by atoms with Crippen LogP contribution in [-0.4, -0.2) is 29.1 Å². The fourth-order valence-corrected chi connectivity index (χ4v) is 2.49. The SMILES string of the molecule is C[C@H]1CCCN(CCCn2cccc2)C1. The summed E-state index contributed by atoms with van der Waals surface area (Å²) in [7, 11) is 0. The molecule has 1 aromatic heterocycles. The molecule has 15 heavy (non-hydrogen) atoms. The third kappa shape index (κ3) is 3.38. The highest BCUT2D eigenvalue weighted by molar-refractivity contribution is 4.90. The van der Waals surface area contributed by atoms with Gasteiger partial charge in [-0.05, 0) is 50.4 Å². The summed E-state index contributed by atoms with van der Waals surface area (Å²) in [6.45, 7) is 7.43. The van der Waals surface area contributed by atoms with Crippen molar-refractivity contribution in [2.24, 2.45) is 5.92 Å². The van der Waals surface area contributed by atoms with Crippen LogP contribution in [-0.2, 0) is 6.54 Å². The number of aromatic nitrogens is 1. The highest BCUT2D eigenvalue weighted by Gasteiger charge is 2.15. The van der Waals surface area contributed by atoms with Crippen LogP contribution in [0.25, 0.3) is 0 Å². The summed E-state index contributed by atoms with van der Waals surface area (Å²) < 4.78 is 2.27. The molecule has 2 nitrogen and oxygen atoms in total. The molecule has 0 aliphatic carbocycles. The van der Waals surface area contributed by atoms with Gasteiger partial charge in [-0.2, -0.15) is 0 Å². The smallest absolute Gasteiger partial charge is 0.0231 e. The number of rotatable bonds is 4. The van der Waals surface area contributed by atoms with E-state index in [0.717, 1.165) is 12.5 Å². The summed E-state index contributed by atoms with van der Waals surface area (Å²) in [5, 5.41) is 0. The molecule has 84 valence electrons. The Bertz CT molecular complexity index is 266. The Balaban J connectivity index is 1.65. The molecule has 1 atom stereocenters. The summed E-state index contributed by atoms with van der Waals surface area (Å²) in [6, 6.07) is 4.20. The second-order valence-electron chi connectivity index (χ2n) is 4.82. The Labute approximate surface area is 92.9 Å². The zero-order chi connectivity index (χ0) is 10.5. The van der Waals surface area contributed by atoms with Gasteiger partial charge < -0.3 is 9.47 Å². The molecule has 0 aromatic carbocycles. The lowest BCUT2D eigenvalue weighted by atomic mass is 10.0. The minimum atomic E-state index is 0.908. The number of aryl methyl sites for hydroxylation is 1. The summed E-state index contributed by atoms with van der Waals surface area (Å²) in [6.07, 6.45) is 8.40. The summed E-state index contributed by atoms with van der Waals surface area (Å²) in [4.78, 5) is 2.62. The maximum absolute atomic E-state index is 2.62. The predicted octanol–water partition coefficient (Wildman–Crippen LogP) is 2.61. The average molecular weight is 206 g/mol. The van der Waals surface area contributed by atoms with Crippen molar-refractivity contribution in [3.8, 4) is 0 Å². The van der Waals surface area contributed by atoms with Gasteiger partial charge in [-0.3, -0.25) is 0 Å². The molecule has 2 heteroatoms. The Hall–Kier alpha value is -0.760. The molecule has 2 rings (SSSR count). The quantitative estimate of drug-likeness (QED) is 0.735. The largest absolute Gasteiger partial charge is 0.354 e. The van der Waals surface area contributed by atoms with Gasteiger partial charge in [0.05, 0.1) is 0 Å². The van der Waals surface area contributed by atoms with E-state index in [1.807, 2.05) is 0 Å². The Morgan fingerprint density at radius 3 is 2.73 bits per heavy atom. The first-order valence-corrected chi connectivity index (χ1v) is 6.18. The fraction of sp³-hybridized carbons (Fsp3) is 0.692. The molecule has 0 unspecified atom stereocenters. The van der Waals surface area contributed by atoms with Gasteiger partial charge in [0.25, 0.3) is 0 Å². The van der Waals surface area contributed by atoms with Crippen molar-refractivity contribution in [3.05, 3.63) is 24.5 Å². The van der Waals surface area contributed by atoms with Crippen molar-refractivity contribution >= 4 is 0 Å². The van der Waals surface area contributed by atoms with Crippen molar-refractivity contribution in [1.29, 1.82) is 0 Å². The van der Waals surface area contributed by atoms with Gasteiger partial charge in [0.2, 0.25) is 0 Å². The van der Waals surface area contributed by atoms with Gasteiger partial charge in [0, 0.05) is 25.5 Å². The number of piperidine rings is 1. The number of hydrogen-bond acceptors (Lipinski definition) is 1. The van der Waals surface area contributed by atoms with Crippen LogP contribution in [0.1, 0.15) is 26.2 Å². The number of likely N-dealkylation sites (tertiary alicyclic amines) is 1. The molecule has 0 N–H and O–H groups in total. The van der Waals surface area contributed by atoms with Gasteiger partial charge in [0.1, 0.15) is 0 Å². The highest BCUT2D eigenvalue weighted by Crippen LogP contribution is 2.15. The predicted molar refractivity (Wildman–Crippen MR) is 63.9 cm³/mol. The molecule has 0 radical (unpaired) electrons. The molecule has 0 spiro atoms. The molecular weight excluding hydrogens is 184 g/mol. The minimum Gasteiger partial charge on any atom is -0.354 e. The van der Waals surface area contributed by atoms with Crippen LogP contribution in [0.5, 0.6) is 0 Å². The first-order chi connectivity index (χ1) is 7.34. The van der Waals surface area contributed by atoms with Crippen molar-refractivity contribution in [1.82, 2.24) is 9.47 Å². The maximum Gasteiger partial charge on any atom is 0.0231 e. The van der Waals surface area contributed by atoms with E-state index >= 15 is 0 Å². The Morgan fingerprint density at radius 2 is 2.00 bits per heavy atom.